The van der Waals surface area contributed by atoms with Gasteiger partial charge in [0.15, 0.2) is 0 Å². The number of fused-ring (bicyclic) bond motifs is 2. The summed E-state index contributed by atoms with van der Waals surface area (Å²) >= 11 is 0. The van der Waals surface area contributed by atoms with Crippen LogP contribution in [-0.2, 0) is 13.1 Å². The van der Waals surface area contributed by atoms with E-state index in [0.717, 1.165) is 50.0 Å². The summed E-state index contributed by atoms with van der Waals surface area (Å²) in [5.41, 5.74) is 4.05. The van der Waals surface area contributed by atoms with Gasteiger partial charge in [-0.2, -0.15) is 5.10 Å². The van der Waals surface area contributed by atoms with Crippen LogP contribution in [0.2, 0.25) is 0 Å². The summed E-state index contributed by atoms with van der Waals surface area (Å²) in [7, 11) is 0. The summed E-state index contributed by atoms with van der Waals surface area (Å²) in [5, 5.41) is 8.85. The first-order chi connectivity index (χ1) is 12.3. The first-order valence-electron chi connectivity index (χ1n) is 8.83. The van der Waals surface area contributed by atoms with Crippen LogP contribution in [0.15, 0.2) is 41.1 Å². The monoisotopic (exact) mass is 336 g/mol. The molecule has 2 aliphatic rings. The van der Waals surface area contributed by atoms with Crippen LogP contribution in [0.5, 0.6) is 0 Å². The zero-order valence-electron chi connectivity index (χ0n) is 13.9. The highest BCUT2D eigenvalue weighted by Crippen LogP contribution is 2.29. The second kappa shape index (κ2) is 5.74. The number of para-hydroxylation sites is 1. The number of furan rings is 1. The highest BCUT2D eigenvalue weighted by molar-refractivity contribution is 6.05. The highest BCUT2D eigenvalue weighted by atomic mass is 16.3. The van der Waals surface area contributed by atoms with Crippen LogP contribution in [0.1, 0.15) is 40.5 Å². The van der Waals surface area contributed by atoms with E-state index < -0.39 is 0 Å². The Balaban J connectivity index is 1.32. The van der Waals surface area contributed by atoms with E-state index >= 15 is 0 Å². The number of piperidine rings is 1. The number of nitrogens with zero attached hydrogens (tertiary/aromatic N) is 3. The van der Waals surface area contributed by atoms with Crippen LogP contribution >= 0.6 is 0 Å². The maximum absolute atomic E-state index is 12.9. The molecule has 25 heavy (non-hydrogen) atoms. The van der Waals surface area contributed by atoms with Crippen molar-refractivity contribution in [3.63, 3.8) is 0 Å². The lowest BCUT2D eigenvalue weighted by atomic mass is 10.0. The maximum Gasteiger partial charge on any atom is 0.257 e. The molecular weight excluding hydrogens is 316 g/mol. The molecule has 0 bridgehead atoms. The second-order valence-corrected chi connectivity index (χ2v) is 6.83. The van der Waals surface area contributed by atoms with Crippen molar-refractivity contribution in [2.75, 3.05) is 13.1 Å². The van der Waals surface area contributed by atoms with Gasteiger partial charge in [-0.05, 0) is 18.9 Å². The van der Waals surface area contributed by atoms with Gasteiger partial charge in [-0.1, -0.05) is 18.2 Å². The van der Waals surface area contributed by atoms with Crippen molar-refractivity contribution in [2.45, 2.75) is 32.0 Å². The minimum atomic E-state index is 0.0655. The Morgan fingerprint density at radius 1 is 1.20 bits per heavy atom. The minimum absolute atomic E-state index is 0.0655. The number of benzene rings is 1. The number of aromatic nitrogens is 2. The average Bonchev–Trinajstić information content (AvgIpc) is 3.36. The van der Waals surface area contributed by atoms with Crippen LogP contribution in [-0.4, -0.2) is 33.7 Å². The van der Waals surface area contributed by atoms with Crippen LogP contribution < -0.4 is 5.32 Å². The largest absolute Gasteiger partial charge is 0.463 e. The number of hydrogen-bond donors (Lipinski definition) is 1. The molecule has 6 heteroatoms. The molecule has 0 aliphatic carbocycles. The SMILES string of the molecule is O=C(c1coc2ccccc12)N1CCC(n2ncc3c2CNC3)CC1. The Morgan fingerprint density at radius 3 is 2.92 bits per heavy atom. The normalized spacial score (nSPS) is 18.0. The molecule has 0 unspecified atom stereocenters. The predicted molar refractivity (Wildman–Crippen MR) is 93.2 cm³/mol. The Hall–Kier alpha value is -2.60. The van der Waals surface area contributed by atoms with Crippen LogP contribution in [0.4, 0.5) is 0 Å². The number of nitrogens with one attached hydrogen (secondary N) is 1. The average molecular weight is 336 g/mol. The van der Waals surface area contributed by atoms with E-state index in [2.05, 4.69) is 15.1 Å². The van der Waals surface area contributed by atoms with Gasteiger partial charge >= 0.3 is 0 Å². The lowest BCUT2D eigenvalue weighted by Gasteiger charge is -2.32. The van der Waals surface area contributed by atoms with Crippen molar-refractivity contribution in [3.05, 3.63) is 53.5 Å². The zero-order chi connectivity index (χ0) is 16.8. The Kier molecular flexibility index (Phi) is 3.38. The van der Waals surface area contributed by atoms with Gasteiger partial charge in [0, 0.05) is 37.1 Å². The van der Waals surface area contributed by atoms with Crippen molar-refractivity contribution < 1.29 is 9.21 Å². The van der Waals surface area contributed by atoms with E-state index in [4.69, 9.17) is 4.42 Å². The second-order valence-electron chi connectivity index (χ2n) is 6.83. The van der Waals surface area contributed by atoms with Crippen molar-refractivity contribution in [1.82, 2.24) is 20.0 Å². The molecule has 128 valence electrons. The zero-order valence-corrected chi connectivity index (χ0v) is 13.9. The molecule has 6 nitrogen and oxygen atoms in total. The molecule has 0 saturated carbocycles. The molecule has 1 N–H and O–H groups in total. The third-order valence-corrected chi connectivity index (χ3v) is 5.40. The lowest BCUT2D eigenvalue weighted by molar-refractivity contribution is 0.0690. The summed E-state index contributed by atoms with van der Waals surface area (Å²) in [4.78, 5) is 14.8. The van der Waals surface area contributed by atoms with Crippen molar-refractivity contribution in [2.24, 2.45) is 0 Å². The number of rotatable bonds is 2. The Morgan fingerprint density at radius 2 is 2.04 bits per heavy atom. The standard InChI is InChI=1S/C19H20N4O2/c24-19(16-12-25-18-4-2-1-3-15(16)18)22-7-5-14(6-8-22)23-17-11-20-9-13(17)10-21-23/h1-4,10,12,14,20H,5-9,11H2. The van der Waals surface area contributed by atoms with Crippen molar-refractivity contribution in [1.29, 1.82) is 0 Å². The lowest BCUT2D eigenvalue weighted by Crippen LogP contribution is -2.39. The number of carbonyl (C=O) groups excluding carboxylic acids is 1. The molecule has 2 aliphatic heterocycles. The smallest absolute Gasteiger partial charge is 0.257 e. The third kappa shape index (κ3) is 2.36. The molecule has 0 atom stereocenters. The minimum Gasteiger partial charge on any atom is -0.463 e. The molecule has 1 aromatic carbocycles. The third-order valence-electron chi connectivity index (χ3n) is 5.40. The number of carbonyl (C=O) groups is 1. The molecule has 1 amide bonds. The van der Waals surface area contributed by atoms with Gasteiger partial charge in [-0.3, -0.25) is 9.48 Å². The van der Waals surface area contributed by atoms with Gasteiger partial charge in [0.05, 0.1) is 23.5 Å². The molecule has 5 rings (SSSR count). The summed E-state index contributed by atoms with van der Waals surface area (Å²) in [6, 6.07) is 8.08. The van der Waals surface area contributed by atoms with Gasteiger partial charge in [0.25, 0.3) is 5.91 Å². The quantitative estimate of drug-likeness (QED) is 0.781. The molecule has 3 aromatic rings. The molecule has 0 radical (unpaired) electrons. The summed E-state index contributed by atoms with van der Waals surface area (Å²) < 4.78 is 7.69. The van der Waals surface area contributed by atoms with Gasteiger partial charge in [-0.15, -0.1) is 0 Å². The summed E-state index contributed by atoms with van der Waals surface area (Å²) in [6.45, 7) is 3.33. The van der Waals surface area contributed by atoms with E-state index in [9.17, 15) is 4.79 Å². The summed E-state index contributed by atoms with van der Waals surface area (Å²) in [6.07, 6.45) is 5.45. The molecule has 2 aromatic heterocycles. The van der Waals surface area contributed by atoms with E-state index in [1.165, 1.54) is 11.3 Å². The Bertz CT molecular complexity index is 934. The van der Waals surface area contributed by atoms with Crippen molar-refractivity contribution >= 4 is 16.9 Å². The first kappa shape index (κ1) is 14.7. The fourth-order valence-corrected chi connectivity index (χ4v) is 4.02. The topological polar surface area (TPSA) is 63.3 Å². The molecular formula is C19H20N4O2. The van der Waals surface area contributed by atoms with Gasteiger partial charge in [0.2, 0.25) is 0 Å². The van der Waals surface area contributed by atoms with Gasteiger partial charge in [0.1, 0.15) is 11.8 Å². The molecule has 1 saturated heterocycles. The highest BCUT2D eigenvalue weighted by Gasteiger charge is 2.29. The first-order valence-corrected chi connectivity index (χ1v) is 8.83. The van der Waals surface area contributed by atoms with Crippen LogP contribution in [0.25, 0.3) is 11.0 Å². The van der Waals surface area contributed by atoms with Crippen LogP contribution in [0.3, 0.4) is 0 Å². The Labute approximate surface area is 145 Å². The fraction of sp³-hybridized carbons (Fsp3) is 0.368. The van der Waals surface area contributed by atoms with Gasteiger partial charge < -0.3 is 14.6 Å². The number of hydrogen-bond acceptors (Lipinski definition) is 4. The summed E-state index contributed by atoms with van der Waals surface area (Å²) in [5.74, 6) is 0.0655. The maximum atomic E-state index is 12.9. The van der Waals surface area contributed by atoms with E-state index in [1.54, 1.807) is 6.26 Å². The number of likely N-dealkylation sites (tertiary alicyclic amines) is 1. The molecule has 1 fully saturated rings. The van der Waals surface area contributed by atoms with Crippen molar-refractivity contribution in [3.8, 4) is 0 Å². The van der Waals surface area contributed by atoms with Crippen LogP contribution in [0, 0.1) is 0 Å². The molecule has 4 heterocycles. The molecule has 0 spiro atoms. The van der Waals surface area contributed by atoms with E-state index in [1.807, 2.05) is 35.4 Å². The number of amides is 1. The van der Waals surface area contributed by atoms with E-state index in [-0.39, 0.29) is 5.91 Å². The van der Waals surface area contributed by atoms with Gasteiger partial charge in [-0.25, -0.2) is 0 Å². The predicted octanol–water partition coefficient (Wildman–Crippen LogP) is 2.71. The fourth-order valence-electron chi connectivity index (χ4n) is 4.02. The van der Waals surface area contributed by atoms with E-state index in [0.29, 0.717) is 11.6 Å².